The Labute approximate surface area is 80.1 Å². The predicted octanol–water partition coefficient (Wildman–Crippen LogP) is 2.30. The monoisotopic (exact) mass is 188 g/mol. The Bertz CT molecular complexity index is 156. The Morgan fingerprint density at radius 1 is 1.46 bits per heavy atom. The predicted molar refractivity (Wildman–Crippen MR) is 51.8 cm³/mol. The van der Waals surface area contributed by atoms with Crippen LogP contribution < -0.4 is 0 Å². The molecule has 13 heavy (non-hydrogen) atoms. The van der Waals surface area contributed by atoms with E-state index in [4.69, 9.17) is 9.84 Å². The van der Waals surface area contributed by atoms with E-state index < -0.39 is 11.4 Å². The summed E-state index contributed by atoms with van der Waals surface area (Å²) < 4.78 is 4.90. The van der Waals surface area contributed by atoms with Crippen molar-refractivity contribution in [1.82, 2.24) is 0 Å². The zero-order valence-corrected chi connectivity index (χ0v) is 8.80. The molecule has 1 atom stereocenters. The number of carbonyl (C=O) groups is 1. The highest BCUT2D eigenvalue weighted by Crippen LogP contribution is 2.28. The van der Waals surface area contributed by atoms with Gasteiger partial charge in [-0.15, -0.1) is 0 Å². The highest BCUT2D eigenvalue weighted by molar-refractivity contribution is 5.73. The average Bonchev–Trinajstić information content (AvgIpc) is 2.12. The molecule has 1 unspecified atom stereocenters. The van der Waals surface area contributed by atoms with Crippen LogP contribution in [-0.4, -0.2) is 24.8 Å². The van der Waals surface area contributed by atoms with E-state index in [1.807, 2.05) is 13.8 Å². The molecule has 3 heteroatoms. The second kappa shape index (κ2) is 5.97. The maximum atomic E-state index is 10.9. The number of aliphatic carboxylic acids is 1. The van der Waals surface area contributed by atoms with Crippen LogP contribution >= 0.6 is 0 Å². The fraction of sp³-hybridized carbons (Fsp3) is 0.900. The normalized spacial score (nSPS) is 15.3. The topological polar surface area (TPSA) is 46.5 Å². The number of methoxy groups -OCH3 is 1. The zero-order chi connectivity index (χ0) is 10.3. The summed E-state index contributed by atoms with van der Waals surface area (Å²) >= 11 is 0. The minimum Gasteiger partial charge on any atom is -0.481 e. The molecule has 0 heterocycles. The minimum atomic E-state index is -0.688. The largest absolute Gasteiger partial charge is 0.481 e. The van der Waals surface area contributed by atoms with Gasteiger partial charge in [0.1, 0.15) is 0 Å². The van der Waals surface area contributed by atoms with E-state index >= 15 is 0 Å². The van der Waals surface area contributed by atoms with Crippen LogP contribution in [0.1, 0.15) is 39.5 Å². The van der Waals surface area contributed by atoms with E-state index in [9.17, 15) is 4.79 Å². The quantitative estimate of drug-likeness (QED) is 0.623. The van der Waals surface area contributed by atoms with E-state index in [0.717, 1.165) is 25.9 Å². The number of carboxylic acid groups (broad SMARTS) is 1. The van der Waals surface area contributed by atoms with Gasteiger partial charge in [-0.25, -0.2) is 0 Å². The Balaban J connectivity index is 3.78. The third-order valence-electron chi connectivity index (χ3n) is 2.62. The third kappa shape index (κ3) is 4.27. The lowest BCUT2D eigenvalue weighted by Crippen LogP contribution is -2.26. The molecule has 0 amide bonds. The van der Waals surface area contributed by atoms with E-state index in [1.54, 1.807) is 7.11 Å². The van der Waals surface area contributed by atoms with Crippen molar-refractivity contribution in [3.8, 4) is 0 Å². The molecule has 0 bridgehead atoms. The molecule has 1 N–H and O–H groups in total. The summed E-state index contributed by atoms with van der Waals surface area (Å²) in [5.41, 5.74) is -0.548. The molecule has 0 aliphatic rings. The average molecular weight is 188 g/mol. The SMILES string of the molecule is CCC(C)(CCCCOC)C(=O)O. The lowest BCUT2D eigenvalue weighted by Gasteiger charge is -2.22. The first-order valence-corrected chi connectivity index (χ1v) is 4.79. The number of hydrogen-bond acceptors (Lipinski definition) is 2. The first-order chi connectivity index (χ1) is 6.06. The molecule has 78 valence electrons. The molecule has 0 fully saturated rings. The zero-order valence-electron chi connectivity index (χ0n) is 8.80. The van der Waals surface area contributed by atoms with Gasteiger partial charge in [0.25, 0.3) is 0 Å². The van der Waals surface area contributed by atoms with E-state index in [0.29, 0.717) is 6.42 Å². The molecule has 0 spiro atoms. The molecular formula is C10H20O3. The first-order valence-electron chi connectivity index (χ1n) is 4.79. The van der Waals surface area contributed by atoms with Crippen LogP contribution in [0.5, 0.6) is 0 Å². The van der Waals surface area contributed by atoms with Crippen LogP contribution in [0.3, 0.4) is 0 Å². The van der Waals surface area contributed by atoms with Gasteiger partial charge in [-0.2, -0.15) is 0 Å². The molecule has 0 radical (unpaired) electrons. The third-order valence-corrected chi connectivity index (χ3v) is 2.62. The van der Waals surface area contributed by atoms with Crippen molar-refractivity contribution in [1.29, 1.82) is 0 Å². The van der Waals surface area contributed by atoms with Crippen molar-refractivity contribution < 1.29 is 14.6 Å². The van der Waals surface area contributed by atoms with Crippen molar-refractivity contribution in [2.45, 2.75) is 39.5 Å². The van der Waals surface area contributed by atoms with Crippen LogP contribution in [0.2, 0.25) is 0 Å². The van der Waals surface area contributed by atoms with Crippen molar-refractivity contribution in [2.75, 3.05) is 13.7 Å². The van der Waals surface area contributed by atoms with Crippen LogP contribution in [0, 0.1) is 5.41 Å². The maximum Gasteiger partial charge on any atom is 0.309 e. The fourth-order valence-electron chi connectivity index (χ4n) is 1.20. The van der Waals surface area contributed by atoms with Gasteiger partial charge < -0.3 is 9.84 Å². The lowest BCUT2D eigenvalue weighted by atomic mass is 9.82. The van der Waals surface area contributed by atoms with Crippen LogP contribution in [0.4, 0.5) is 0 Å². The first kappa shape index (κ1) is 12.4. The fourth-order valence-corrected chi connectivity index (χ4v) is 1.20. The molecule has 0 aromatic heterocycles. The van der Waals surface area contributed by atoms with Gasteiger partial charge in [-0.3, -0.25) is 4.79 Å². The van der Waals surface area contributed by atoms with Crippen molar-refractivity contribution in [3.63, 3.8) is 0 Å². The van der Waals surface area contributed by atoms with Gasteiger partial charge in [0, 0.05) is 13.7 Å². The second-order valence-corrected chi connectivity index (χ2v) is 3.67. The number of carboxylic acids is 1. The summed E-state index contributed by atoms with van der Waals surface area (Å²) in [6, 6.07) is 0. The number of rotatable bonds is 7. The Kier molecular flexibility index (Phi) is 5.71. The van der Waals surface area contributed by atoms with Gasteiger partial charge in [-0.05, 0) is 26.2 Å². The molecule has 0 aliphatic heterocycles. The summed E-state index contributed by atoms with van der Waals surface area (Å²) in [6.07, 6.45) is 3.29. The number of unbranched alkanes of at least 4 members (excludes halogenated alkanes) is 1. The lowest BCUT2D eigenvalue weighted by molar-refractivity contribution is -0.148. The Hall–Kier alpha value is -0.570. The van der Waals surface area contributed by atoms with Crippen LogP contribution in [0.15, 0.2) is 0 Å². The second-order valence-electron chi connectivity index (χ2n) is 3.67. The number of hydrogen-bond donors (Lipinski definition) is 1. The van der Waals surface area contributed by atoms with Crippen LogP contribution in [0.25, 0.3) is 0 Å². The minimum absolute atomic E-state index is 0.548. The molecule has 0 rings (SSSR count). The summed E-state index contributed by atoms with van der Waals surface area (Å²) in [5, 5.41) is 8.96. The van der Waals surface area contributed by atoms with Gasteiger partial charge >= 0.3 is 5.97 Å². The van der Waals surface area contributed by atoms with Gasteiger partial charge in [0.2, 0.25) is 0 Å². The van der Waals surface area contributed by atoms with Gasteiger partial charge in [0.05, 0.1) is 5.41 Å². The van der Waals surface area contributed by atoms with Gasteiger partial charge in [0.15, 0.2) is 0 Å². The van der Waals surface area contributed by atoms with E-state index in [-0.39, 0.29) is 0 Å². The molecule has 0 saturated heterocycles. The van der Waals surface area contributed by atoms with E-state index in [2.05, 4.69) is 0 Å². The molecule has 0 saturated carbocycles. The summed E-state index contributed by atoms with van der Waals surface area (Å²) in [4.78, 5) is 10.9. The molecule has 0 aliphatic carbocycles. The standard InChI is InChI=1S/C10H20O3/c1-4-10(2,9(11)12)7-5-6-8-13-3/h4-8H2,1-3H3,(H,11,12). The molecule has 3 nitrogen and oxygen atoms in total. The van der Waals surface area contributed by atoms with E-state index in [1.165, 1.54) is 0 Å². The van der Waals surface area contributed by atoms with Gasteiger partial charge in [-0.1, -0.05) is 13.3 Å². The molecule has 0 aromatic carbocycles. The van der Waals surface area contributed by atoms with Crippen LogP contribution in [-0.2, 0) is 9.53 Å². The molecule has 0 aromatic rings. The number of ether oxygens (including phenoxy) is 1. The molecular weight excluding hydrogens is 168 g/mol. The summed E-state index contributed by atoms with van der Waals surface area (Å²) in [7, 11) is 1.66. The maximum absolute atomic E-state index is 10.9. The summed E-state index contributed by atoms with van der Waals surface area (Å²) in [6.45, 7) is 4.45. The summed E-state index contributed by atoms with van der Waals surface area (Å²) in [5.74, 6) is -0.688. The van der Waals surface area contributed by atoms with Crippen molar-refractivity contribution in [3.05, 3.63) is 0 Å². The Morgan fingerprint density at radius 2 is 2.08 bits per heavy atom. The van der Waals surface area contributed by atoms with Crippen molar-refractivity contribution >= 4 is 5.97 Å². The smallest absolute Gasteiger partial charge is 0.309 e. The highest BCUT2D eigenvalue weighted by Gasteiger charge is 2.29. The highest BCUT2D eigenvalue weighted by atomic mass is 16.5. The van der Waals surface area contributed by atoms with Crippen molar-refractivity contribution in [2.24, 2.45) is 5.41 Å². The Morgan fingerprint density at radius 3 is 2.46 bits per heavy atom.